The summed E-state index contributed by atoms with van der Waals surface area (Å²) in [6, 6.07) is 4.14. The first kappa shape index (κ1) is 12.2. The third-order valence-electron chi connectivity index (χ3n) is 1.99. The number of thiophene rings is 1. The quantitative estimate of drug-likeness (QED) is 0.823. The first-order chi connectivity index (χ1) is 6.80. The van der Waals surface area contributed by atoms with Gasteiger partial charge in [0.2, 0.25) is 0 Å². The summed E-state index contributed by atoms with van der Waals surface area (Å²) in [4.78, 5) is 13.7. The molecule has 0 bridgehead atoms. The molecular weight excluding hydrogens is 206 g/mol. The van der Waals surface area contributed by atoms with Crippen LogP contribution in [-0.4, -0.2) is 11.9 Å². The molecule has 84 valence electrons. The Labute approximate surface area is 95.7 Å². The molecule has 1 amide bonds. The van der Waals surface area contributed by atoms with Gasteiger partial charge in [0.1, 0.15) is 0 Å². The van der Waals surface area contributed by atoms with Gasteiger partial charge >= 0.3 is 0 Å². The molecule has 0 aliphatic carbocycles. The van der Waals surface area contributed by atoms with Crippen LogP contribution in [0.2, 0.25) is 0 Å². The molecule has 1 rings (SSSR count). The molecule has 0 saturated carbocycles. The SMILES string of the molecule is CC(C)NC(=O)c1ccc(C(C)(C)C)s1. The Morgan fingerprint density at radius 3 is 2.33 bits per heavy atom. The molecule has 0 radical (unpaired) electrons. The Hall–Kier alpha value is -0.830. The first-order valence-electron chi connectivity index (χ1n) is 5.22. The standard InChI is InChI=1S/C12H19NOS/c1-8(2)13-11(14)9-6-7-10(15-9)12(3,4)5/h6-8H,1-5H3,(H,13,14). The molecule has 0 saturated heterocycles. The predicted molar refractivity (Wildman–Crippen MR) is 65.6 cm³/mol. The molecule has 2 nitrogen and oxygen atoms in total. The summed E-state index contributed by atoms with van der Waals surface area (Å²) in [5.41, 5.74) is 0.126. The molecule has 0 spiro atoms. The van der Waals surface area contributed by atoms with Gasteiger partial charge in [0, 0.05) is 10.9 Å². The smallest absolute Gasteiger partial charge is 0.261 e. The van der Waals surface area contributed by atoms with Gasteiger partial charge < -0.3 is 5.32 Å². The molecule has 0 fully saturated rings. The highest BCUT2D eigenvalue weighted by atomic mass is 32.1. The van der Waals surface area contributed by atoms with Crippen molar-refractivity contribution in [3.63, 3.8) is 0 Å². The predicted octanol–water partition coefficient (Wildman–Crippen LogP) is 3.18. The number of hydrogen-bond donors (Lipinski definition) is 1. The minimum atomic E-state index is 0.0329. The molecule has 1 heterocycles. The fraction of sp³-hybridized carbons (Fsp3) is 0.583. The average molecular weight is 225 g/mol. The summed E-state index contributed by atoms with van der Waals surface area (Å²) >= 11 is 1.58. The van der Waals surface area contributed by atoms with E-state index in [2.05, 4.69) is 26.1 Å². The van der Waals surface area contributed by atoms with Gasteiger partial charge in [0.25, 0.3) is 5.91 Å². The van der Waals surface area contributed by atoms with Gasteiger partial charge in [-0.3, -0.25) is 4.79 Å². The fourth-order valence-corrected chi connectivity index (χ4v) is 2.16. The summed E-state index contributed by atoms with van der Waals surface area (Å²) in [5, 5.41) is 2.90. The van der Waals surface area contributed by atoms with Crippen molar-refractivity contribution in [2.75, 3.05) is 0 Å². The second-order valence-electron chi connectivity index (χ2n) is 5.04. The third kappa shape index (κ3) is 3.34. The lowest BCUT2D eigenvalue weighted by Crippen LogP contribution is -2.29. The van der Waals surface area contributed by atoms with Crippen LogP contribution in [0.1, 0.15) is 49.2 Å². The van der Waals surface area contributed by atoms with Crippen LogP contribution in [0.25, 0.3) is 0 Å². The van der Waals surface area contributed by atoms with E-state index >= 15 is 0 Å². The Morgan fingerprint density at radius 2 is 1.93 bits per heavy atom. The zero-order valence-electron chi connectivity index (χ0n) is 10.0. The lowest BCUT2D eigenvalue weighted by atomic mass is 9.95. The van der Waals surface area contributed by atoms with Crippen molar-refractivity contribution < 1.29 is 4.79 Å². The Morgan fingerprint density at radius 1 is 1.33 bits per heavy atom. The van der Waals surface area contributed by atoms with Gasteiger partial charge in [-0.25, -0.2) is 0 Å². The normalized spacial score (nSPS) is 11.9. The van der Waals surface area contributed by atoms with E-state index in [9.17, 15) is 4.79 Å². The van der Waals surface area contributed by atoms with Crippen molar-refractivity contribution in [3.8, 4) is 0 Å². The number of hydrogen-bond acceptors (Lipinski definition) is 2. The van der Waals surface area contributed by atoms with Crippen molar-refractivity contribution in [1.82, 2.24) is 5.32 Å². The van der Waals surface area contributed by atoms with Gasteiger partial charge in [-0.15, -0.1) is 11.3 Å². The van der Waals surface area contributed by atoms with Gasteiger partial charge in [0.15, 0.2) is 0 Å². The van der Waals surface area contributed by atoms with Gasteiger partial charge in [-0.2, -0.15) is 0 Å². The monoisotopic (exact) mass is 225 g/mol. The van der Waals surface area contributed by atoms with Crippen molar-refractivity contribution in [2.45, 2.75) is 46.1 Å². The highest BCUT2D eigenvalue weighted by Gasteiger charge is 2.18. The van der Waals surface area contributed by atoms with E-state index < -0.39 is 0 Å². The molecule has 0 aliphatic rings. The van der Waals surface area contributed by atoms with Crippen LogP contribution < -0.4 is 5.32 Å². The van der Waals surface area contributed by atoms with E-state index in [0.717, 1.165) is 4.88 Å². The molecule has 15 heavy (non-hydrogen) atoms. The molecule has 0 aliphatic heterocycles. The maximum atomic E-state index is 11.7. The number of nitrogens with one attached hydrogen (secondary N) is 1. The van der Waals surface area contributed by atoms with Crippen molar-refractivity contribution in [1.29, 1.82) is 0 Å². The Kier molecular flexibility index (Phi) is 3.55. The molecular formula is C12H19NOS. The second-order valence-corrected chi connectivity index (χ2v) is 6.13. The van der Waals surface area contributed by atoms with Gasteiger partial charge in [-0.05, 0) is 31.4 Å². The number of carbonyl (C=O) groups excluding carboxylic acids is 1. The van der Waals surface area contributed by atoms with Crippen LogP contribution in [0.15, 0.2) is 12.1 Å². The van der Waals surface area contributed by atoms with Crippen molar-refractivity contribution >= 4 is 17.2 Å². The largest absolute Gasteiger partial charge is 0.349 e. The van der Waals surface area contributed by atoms with Crippen molar-refractivity contribution in [2.24, 2.45) is 0 Å². The second kappa shape index (κ2) is 4.35. The summed E-state index contributed by atoms with van der Waals surface area (Å²) < 4.78 is 0. The topological polar surface area (TPSA) is 29.1 Å². The van der Waals surface area contributed by atoms with Crippen LogP contribution in [-0.2, 0) is 5.41 Å². The number of rotatable bonds is 2. The summed E-state index contributed by atoms with van der Waals surface area (Å²) in [6.07, 6.45) is 0. The van der Waals surface area contributed by atoms with E-state index in [-0.39, 0.29) is 17.4 Å². The molecule has 0 unspecified atom stereocenters. The molecule has 0 atom stereocenters. The summed E-state index contributed by atoms with van der Waals surface area (Å²) in [5.74, 6) is 0.0329. The lowest BCUT2D eigenvalue weighted by molar-refractivity contribution is 0.0947. The van der Waals surface area contributed by atoms with Crippen LogP contribution in [0.4, 0.5) is 0 Å². The van der Waals surface area contributed by atoms with E-state index in [1.54, 1.807) is 11.3 Å². The average Bonchev–Trinajstić information content (AvgIpc) is 2.48. The van der Waals surface area contributed by atoms with Gasteiger partial charge in [0.05, 0.1) is 4.88 Å². The Bertz CT molecular complexity index is 347. The summed E-state index contributed by atoms with van der Waals surface area (Å²) in [6.45, 7) is 10.4. The van der Waals surface area contributed by atoms with Crippen LogP contribution in [0, 0.1) is 0 Å². The molecule has 1 aromatic heterocycles. The zero-order valence-corrected chi connectivity index (χ0v) is 10.9. The fourth-order valence-electron chi connectivity index (χ4n) is 1.20. The molecule has 1 aromatic rings. The van der Waals surface area contributed by atoms with Crippen LogP contribution in [0.3, 0.4) is 0 Å². The minimum Gasteiger partial charge on any atom is -0.349 e. The highest BCUT2D eigenvalue weighted by molar-refractivity contribution is 7.14. The maximum absolute atomic E-state index is 11.7. The Balaban J connectivity index is 2.81. The molecule has 1 N–H and O–H groups in total. The number of carbonyl (C=O) groups is 1. The highest BCUT2D eigenvalue weighted by Crippen LogP contribution is 2.29. The summed E-state index contributed by atoms with van der Waals surface area (Å²) in [7, 11) is 0. The van der Waals surface area contributed by atoms with Crippen LogP contribution >= 0.6 is 11.3 Å². The van der Waals surface area contributed by atoms with E-state index in [1.807, 2.05) is 26.0 Å². The first-order valence-corrected chi connectivity index (χ1v) is 6.03. The van der Waals surface area contributed by atoms with E-state index in [1.165, 1.54) is 4.88 Å². The van der Waals surface area contributed by atoms with E-state index in [4.69, 9.17) is 0 Å². The van der Waals surface area contributed by atoms with E-state index in [0.29, 0.717) is 0 Å². The molecule has 3 heteroatoms. The maximum Gasteiger partial charge on any atom is 0.261 e. The zero-order chi connectivity index (χ0) is 11.6. The lowest BCUT2D eigenvalue weighted by Gasteiger charge is -2.15. The minimum absolute atomic E-state index is 0.0329. The van der Waals surface area contributed by atoms with Crippen LogP contribution in [0.5, 0.6) is 0 Å². The third-order valence-corrected chi connectivity index (χ3v) is 3.50. The number of amides is 1. The van der Waals surface area contributed by atoms with Crippen molar-refractivity contribution in [3.05, 3.63) is 21.9 Å². The molecule has 0 aromatic carbocycles. The van der Waals surface area contributed by atoms with Gasteiger partial charge in [-0.1, -0.05) is 20.8 Å².